The summed E-state index contributed by atoms with van der Waals surface area (Å²) in [5, 5.41) is 2.93. The van der Waals surface area contributed by atoms with Gasteiger partial charge < -0.3 is 5.32 Å². The van der Waals surface area contributed by atoms with E-state index in [4.69, 9.17) is 35.4 Å². The number of hydrogen-bond donors (Lipinski definition) is 2. The van der Waals surface area contributed by atoms with Crippen LogP contribution in [0.3, 0.4) is 0 Å². The smallest absolute Gasteiger partial charge is 0.280 e. The lowest BCUT2D eigenvalue weighted by Crippen LogP contribution is -2.45. The molecule has 1 atom stereocenters. The van der Waals surface area contributed by atoms with E-state index in [-0.39, 0.29) is 10.7 Å². The number of rotatable bonds is 2. The summed E-state index contributed by atoms with van der Waals surface area (Å²) in [6.07, 6.45) is 0.341. The molecule has 1 fully saturated rings. The molecule has 1 aliphatic rings. The van der Waals surface area contributed by atoms with Gasteiger partial charge in [-0.25, -0.2) is 9.66 Å². The Morgan fingerprint density at radius 2 is 2.00 bits per heavy atom. The van der Waals surface area contributed by atoms with Gasteiger partial charge in [0.1, 0.15) is 10.2 Å². The van der Waals surface area contributed by atoms with Crippen LogP contribution in [0.1, 0.15) is 19.2 Å². The Bertz CT molecular complexity index is 927. The zero-order chi connectivity index (χ0) is 17.7. The Morgan fingerprint density at radius 1 is 1.38 bits per heavy atom. The number of fused-ring (bicyclic) bond motifs is 1. The number of carbonyl (C=O) groups excluding carboxylic acids is 1. The van der Waals surface area contributed by atoms with Crippen molar-refractivity contribution >= 4 is 57.3 Å². The Hall–Kier alpha value is -1.70. The number of alkyl halides is 2. The molecule has 2 N–H and O–H groups in total. The molecule has 126 valence electrons. The predicted molar refractivity (Wildman–Crippen MR) is 98.0 cm³/mol. The second kappa shape index (κ2) is 5.68. The molecule has 0 radical (unpaired) electrons. The maximum absolute atomic E-state index is 12.5. The lowest BCUT2D eigenvalue weighted by molar-refractivity contribution is -0.124. The van der Waals surface area contributed by atoms with E-state index >= 15 is 0 Å². The number of carbonyl (C=O) groups is 1. The van der Waals surface area contributed by atoms with Crippen LogP contribution in [0.4, 0.5) is 0 Å². The first-order valence-electron chi connectivity index (χ1n) is 7.14. The number of nitrogens with zero attached hydrogens (tertiary/aromatic N) is 2. The standard InChI is InChI=1S/C15H14Cl2N4O2S/c1-8-18-10-6-4-3-5-9(10)11(22)21(8)20-13(24)19-12(23)14(2)7-15(14,16)17/h3-6H,7H2,1-2H3,(H2,19,20,23,24)/t14-/m1/s1. The quantitative estimate of drug-likeness (QED) is 0.613. The number of halogens is 2. The van der Waals surface area contributed by atoms with Crippen LogP contribution >= 0.6 is 35.4 Å². The molecule has 0 bridgehead atoms. The fourth-order valence-corrected chi connectivity index (χ4v) is 3.28. The van der Waals surface area contributed by atoms with E-state index in [0.717, 1.165) is 0 Å². The van der Waals surface area contributed by atoms with Crippen molar-refractivity contribution < 1.29 is 4.79 Å². The molecule has 6 nitrogen and oxygen atoms in total. The summed E-state index contributed by atoms with van der Waals surface area (Å²) in [5.74, 6) is 0.0152. The van der Waals surface area contributed by atoms with Gasteiger partial charge in [-0.1, -0.05) is 12.1 Å². The SMILES string of the molecule is Cc1nc2ccccc2c(=O)n1NC(=S)NC(=O)[C@@]1(C)CC1(Cl)Cl. The molecule has 0 aliphatic heterocycles. The highest BCUT2D eigenvalue weighted by atomic mass is 35.5. The van der Waals surface area contributed by atoms with Gasteiger partial charge in [0.05, 0.1) is 16.3 Å². The summed E-state index contributed by atoms with van der Waals surface area (Å²) in [7, 11) is 0. The number of para-hydroxylation sites is 1. The van der Waals surface area contributed by atoms with Gasteiger partial charge in [0.2, 0.25) is 5.91 Å². The normalized spacial score (nSPS) is 21.3. The third-order valence-corrected chi connectivity index (χ3v) is 5.44. The van der Waals surface area contributed by atoms with E-state index in [0.29, 0.717) is 23.1 Å². The first-order valence-corrected chi connectivity index (χ1v) is 8.31. The average molecular weight is 385 g/mol. The summed E-state index contributed by atoms with van der Waals surface area (Å²) in [4.78, 5) is 29.1. The highest BCUT2D eigenvalue weighted by Gasteiger charge is 2.68. The number of aryl methyl sites for hydroxylation is 1. The number of hydrogen-bond acceptors (Lipinski definition) is 4. The van der Waals surface area contributed by atoms with Crippen LogP contribution in [0.25, 0.3) is 10.9 Å². The highest BCUT2D eigenvalue weighted by Crippen LogP contribution is 2.63. The zero-order valence-electron chi connectivity index (χ0n) is 12.9. The van der Waals surface area contributed by atoms with Crippen molar-refractivity contribution in [2.24, 2.45) is 5.41 Å². The van der Waals surface area contributed by atoms with E-state index in [9.17, 15) is 9.59 Å². The lowest BCUT2D eigenvalue weighted by atomic mass is 10.1. The van der Waals surface area contributed by atoms with Gasteiger partial charge in [-0.15, -0.1) is 23.2 Å². The molecule has 1 saturated carbocycles. The Kier molecular flexibility index (Phi) is 4.06. The third kappa shape index (κ3) is 2.76. The van der Waals surface area contributed by atoms with Crippen LogP contribution in [0.15, 0.2) is 29.1 Å². The molecule has 1 aliphatic carbocycles. The van der Waals surface area contributed by atoms with Crippen molar-refractivity contribution in [1.82, 2.24) is 15.0 Å². The fourth-order valence-electron chi connectivity index (χ4n) is 2.39. The first-order chi connectivity index (χ1) is 11.2. The van der Waals surface area contributed by atoms with Gasteiger partial charge in [-0.05, 0) is 44.6 Å². The maximum Gasteiger partial charge on any atom is 0.280 e. The molecule has 3 rings (SSSR count). The number of thiocarbonyl (C=S) groups is 1. The molecule has 0 saturated heterocycles. The van der Waals surface area contributed by atoms with Crippen molar-refractivity contribution in [3.63, 3.8) is 0 Å². The average Bonchev–Trinajstić information content (AvgIpc) is 3.03. The minimum atomic E-state index is -1.09. The summed E-state index contributed by atoms with van der Waals surface area (Å²) < 4.78 is 0.0960. The zero-order valence-corrected chi connectivity index (χ0v) is 15.2. The number of amides is 1. The molecule has 1 heterocycles. The first kappa shape index (κ1) is 17.1. The monoisotopic (exact) mass is 384 g/mol. The van der Waals surface area contributed by atoms with Gasteiger partial charge >= 0.3 is 0 Å². The number of aromatic nitrogens is 2. The molecule has 0 spiro atoms. The van der Waals surface area contributed by atoms with Crippen LogP contribution in [0.5, 0.6) is 0 Å². The minimum Gasteiger partial charge on any atom is -0.301 e. The molecule has 9 heteroatoms. The molecule has 0 unspecified atom stereocenters. The van der Waals surface area contributed by atoms with Gasteiger partial charge in [0.15, 0.2) is 5.11 Å². The Morgan fingerprint density at radius 3 is 2.62 bits per heavy atom. The van der Waals surface area contributed by atoms with Crippen LogP contribution < -0.4 is 16.3 Å². The van der Waals surface area contributed by atoms with Gasteiger partial charge in [-0.2, -0.15) is 0 Å². The predicted octanol–water partition coefficient (Wildman–Crippen LogP) is 2.23. The Balaban J connectivity index is 1.82. The van der Waals surface area contributed by atoms with Crippen molar-refractivity contribution in [2.45, 2.75) is 24.6 Å². The molecule has 24 heavy (non-hydrogen) atoms. The Labute approximate surface area is 153 Å². The van der Waals surface area contributed by atoms with Gasteiger partial charge in [0, 0.05) is 0 Å². The summed E-state index contributed by atoms with van der Waals surface area (Å²) in [5.41, 5.74) is 2.07. The number of benzene rings is 1. The second-order valence-electron chi connectivity index (χ2n) is 5.93. The van der Waals surface area contributed by atoms with Crippen molar-refractivity contribution in [3.05, 3.63) is 40.4 Å². The largest absolute Gasteiger partial charge is 0.301 e. The van der Waals surface area contributed by atoms with E-state index in [1.54, 1.807) is 38.1 Å². The van der Waals surface area contributed by atoms with E-state index < -0.39 is 15.7 Å². The number of nitrogens with one attached hydrogen (secondary N) is 2. The minimum absolute atomic E-state index is 0.0282. The van der Waals surface area contributed by atoms with Gasteiger partial charge in [0.25, 0.3) is 5.56 Å². The van der Waals surface area contributed by atoms with Crippen LogP contribution in [0.2, 0.25) is 0 Å². The highest BCUT2D eigenvalue weighted by molar-refractivity contribution is 7.80. The van der Waals surface area contributed by atoms with Crippen molar-refractivity contribution in [3.8, 4) is 0 Å². The van der Waals surface area contributed by atoms with E-state index in [1.807, 2.05) is 0 Å². The molecule has 1 amide bonds. The van der Waals surface area contributed by atoms with E-state index in [1.165, 1.54) is 4.68 Å². The summed E-state index contributed by atoms with van der Waals surface area (Å²) in [6, 6.07) is 6.98. The van der Waals surface area contributed by atoms with Crippen LogP contribution in [-0.2, 0) is 4.79 Å². The van der Waals surface area contributed by atoms with Crippen LogP contribution in [-0.4, -0.2) is 25.0 Å². The third-order valence-electron chi connectivity index (χ3n) is 4.14. The fraction of sp³-hybridized carbons (Fsp3) is 0.333. The second-order valence-corrected chi connectivity index (χ2v) is 7.82. The van der Waals surface area contributed by atoms with Gasteiger partial charge in [-0.3, -0.25) is 15.0 Å². The summed E-state index contributed by atoms with van der Waals surface area (Å²) in [6.45, 7) is 3.32. The maximum atomic E-state index is 12.5. The molecular weight excluding hydrogens is 371 g/mol. The van der Waals surface area contributed by atoms with E-state index in [2.05, 4.69) is 15.7 Å². The molecule has 2 aromatic rings. The molecule has 1 aromatic heterocycles. The topological polar surface area (TPSA) is 76.0 Å². The van der Waals surface area contributed by atoms with Crippen molar-refractivity contribution in [2.75, 3.05) is 5.43 Å². The van der Waals surface area contributed by atoms with Crippen molar-refractivity contribution in [1.29, 1.82) is 0 Å². The molecule has 1 aromatic carbocycles. The lowest BCUT2D eigenvalue weighted by Gasteiger charge is -2.16. The van der Waals surface area contributed by atoms with Crippen LogP contribution in [0, 0.1) is 12.3 Å². The molecular formula is C15H14Cl2N4O2S. The summed E-state index contributed by atoms with van der Waals surface area (Å²) >= 11 is 17.1.